The highest BCUT2D eigenvalue weighted by Crippen LogP contribution is 2.20. The summed E-state index contributed by atoms with van der Waals surface area (Å²) in [5, 5.41) is 3.25. The second-order valence-electron chi connectivity index (χ2n) is 4.91. The Balaban J connectivity index is 2.40. The van der Waals surface area contributed by atoms with Gasteiger partial charge in [-0.2, -0.15) is 0 Å². The monoisotopic (exact) mass is 226 g/mol. The number of nitrogens with one attached hydrogen (secondary N) is 1. The molecule has 0 radical (unpaired) electrons. The van der Waals surface area contributed by atoms with Crippen LogP contribution in [0, 0.1) is 11.8 Å². The highest BCUT2D eigenvalue weighted by Gasteiger charge is 2.25. The van der Waals surface area contributed by atoms with Crippen LogP contribution < -0.4 is 5.32 Å². The minimum atomic E-state index is 0.121. The van der Waals surface area contributed by atoms with Gasteiger partial charge in [-0.15, -0.1) is 0 Å². The van der Waals surface area contributed by atoms with Crippen molar-refractivity contribution in [2.75, 3.05) is 26.2 Å². The van der Waals surface area contributed by atoms with Crippen molar-refractivity contribution in [1.82, 2.24) is 10.2 Å². The zero-order chi connectivity index (χ0) is 12.0. The van der Waals surface area contributed by atoms with E-state index in [0.717, 1.165) is 32.1 Å². The van der Waals surface area contributed by atoms with Crippen LogP contribution in [0.2, 0.25) is 0 Å². The molecule has 0 aromatic carbocycles. The Labute approximate surface area is 99.6 Å². The van der Waals surface area contributed by atoms with E-state index >= 15 is 0 Å². The highest BCUT2D eigenvalue weighted by molar-refractivity contribution is 5.78. The van der Waals surface area contributed by atoms with Crippen LogP contribution in [0.15, 0.2) is 0 Å². The second-order valence-corrected chi connectivity index (χ2v) is 4.91. The molecule has 1 heterocycles. The van der Waals surface area contributed by atoms with Gasteiger partial charge in [-0.25, -0.2) is 0 Å². The predicted molar refractivity (Wildman–Crippen MR) is 67.3 cm³/mol. The van der Waals surface area contributed by atoms with Gasteiger partial charge in [-0.3, -0.25) is 4.79 Å². The number of carbonyl (C=O) groups excluding carboxylic acids is 1. The Kier molecular flexibility index (Phi) is 5.81. The van der Waals surface area contributed by atoms with E-state index in [4.69, 9.17) is 0 Å². The van der Waals surface area contributed by atoms with E-state index in [-0.39, 0.29) is 5.92 Å². The normalized spacial score (nSPS) is 23.2. The lowest BCUT2D eigenvalue weighted by Crippen LogP contribution is -2.44. The zero-order valence-corrected chi connectivity index (χ0v) is 11.0. The van der Waals surface area contributed by atoms with Gasteiger partial charge < -0.3 is 10.2 Å². The summed E-state index contributed by atoms with van der Waals surface area (Å²) in [6.45, 7) is 10.0. The van der Waals surface area contributed by atoms with Gasteiger partial charge >= 0.3 is 0 Å². The molecule has 1 N–H and O–H groups in total. The highest BCUT2D eigenvalue weighted by atomic mass is 16.2. The number of rotatable bonds is 5. The Hall–Kier alpha value is -0.570. The van der Waals surface area contributed by atoms with Gasteiger partial charge in [0.25, 0.3) is 0 Å². The number of amides is 1. The summed E-state index contributed by atoms with van der Waals surface area (Å²) in [6, 6.07) is 0. The molecular weight excluding hydrogens is 200 g/mol. The van der Waals surface area contributed by atoms with Crippen molar-refractivity contribution in [3.8, 4) is 0 Å². The fraction of sp³-hybridized carbons (Fsp3) is 0.923. The third kappa shape index (κ3) is 3.78. The van der Waals surface area contributed by atoms with Gasteiger partial charge in [-0.1, -0.05) is 27.2 Å². The van der Waals surface area contributed by atoms with E-state index in [1.54, 1.807) is 0 Å². The minimum Gasteiger partial charge on any atom is -0.342 e. The maximum absolute atomic E-state index is 12.2. The molecule has 1 aliphatic heterocycles. The molecular formula is C13H26N2O. The van der Waals surface area contributed by atoms with Gasteiger partial charge in [0.2, 0.25) is 5.91 Å². The van der Waals surface area contributed by atoms with Gasteiger partial charge in [0.05, 0.1) is 0 Å². The van der Waals surface area contributed by atoms with Crippen LogP contribution in [0.25, 0.3) is 0 Å². The first-order chi connectivity index (χ1) is 7.69. The first-order valence-electron chi connectivity index (χ1n) is 6.68. The van der Waals surface area contributed by atoms with E-state index in [9.17, 15) is 4.79 Å². The Bertz CT molecular complexity index is 218. The third-order valence-corrected chi connectivity index (χ3v) is 3.53. The van der Waals surface area contributed by atoms with Crippen LogP contribution in [0.3, 0.4) is 0 Å². The molecule has 2 atom stereocenters. The quantitative estimate of drug-likeness (QED) is 0.776. The molecule has 16 heavy (non-hydrogen) atoms. The number of carbonyl (C=O) groups is 1. The molecule has 1 saturated heterocycles. The summed E-state index contributed by atoms with van der Waals surface area (Å²) in [5.74, 6) is 1.18. The van der Waals surface area contributed by atoms with E-state index in [1.807, 2.05) is 6.92 Å². The number of nitrogens with zero attached hydrogens (tertiary/aromatic N) is 1. The summed E-state index contributed by atoms with van der Waals surface area (Å²) in [6.07, 6.45) is 3.67. The summed E-state index contributed by atoms with van der Waals surface area (Å²) in [7, 11) is 0. The summed E-state index contributed by atoms with van der Waals surface area (Å²) >= 11 is 0. The largest absolute Gasteiger partial charge is 0.342 e. The number of hydrogen-bond acceptors (Lipinski definition) is 2. The van der Waals surface area contributed by atoms with Crippen molar-refractivity contribution in [3.63, 3.8) is 0 Å². The van der Waals surface area contributed by atoms with E-state index < -0.39 is 0 Å². The molecule has 0 aromatic heterocycles. The number of likely N-dealkylation sites (tertiary alicyclic amines) is 1. The summed E-state index contributed by atoms with van der Waals surface area (Å²) in [5.41, 5.74) is 0. The first-order valence-corrected chi connectivity index (χ1v) is 6.68. The smallest absolute Gasteiger partial charge is 0.226 e. The molecule has 1 fully saturated rings. The minimum absolute atomic E-state index is 0.121. The average Bonchev–Trinajstić information content (AvgIpc) is 2.35. The molecule has 3 heteroatoms. The lowest BCUT2D eigenvalue weighted by molar-refractivity contribution is -0.136. The van der Waals surface area contributed by atoms with Gasteiger partial charge in [-0.05, 0) is 25.3 Å². The van der Waals surface area contributed by atoms with Crippen LogP contribution in [0.4, 0.5) is 0 Å². The molecule has 2 unspecified atom stereocenters. The Morgan fingerprint density at radius 1 is 1.50 bits per heavy atom. The first kappa shape index (κ1) is 13.5. The fourth-order valence-corrected chi connectivity index (χ4v) is 2.36. The van der Waals surface area contributed by atoms with E-state index in [2.05, 4.69) is 24.1 Å². The Morgan fingerprint density at radius 2 is 2.25 bits per heavy atom. The van der Waals surface area contributed by atoms with E-state index in [1.165, 1.54) is 19.3 Å². The zero-order valence-electron chi connectivity index (χ0n) is 11.0. The van der Waals surface area contributed by atoms with Crippen LogP contribution in [-0.4, -0.2) is 37.0 Å². The molecule has 0 aromatic rings. The van der Waals surface area contributed by atoms with Crippen molar-refractivity contribution >= 4 is 5.91 Å². The van der Waals surface area contributed by atoms with Gasteiger partial charge in [0, 0.05) is 25.6 Å². The molecule has 1 rings (SSSR count). The Morgan fingerprint density at radius 3 is 2.88 bits per heavy atom. The van der Waals surface area contributed by atoms with Crippen molar-refractivity contribution in [1.29, 1.82) is 0 Å². The number of hydrogen-bond donors (Lipinski definition) is 1. The van der Waals surface area contributed by atoms with Crippen molar-refractivity contribution in [3.05, 3.63) is 0 Å². The summed E-state index contributed by atoms with van der Waals surface area (Å²) in [4.78, 5) is 14.2. The molecule has 0 aliphatic carbocycles. The third-order valence-electron chi connectivity index (χ3n) is 3.53. The lowest BCUT2D eigenvalue weighted by Gasteiger charge is -2.34. The van der Waals surface area contributed by atoms with Gasteiger partial charge in [0.1, 0.15) is 0 Å². The lowest BCUT2D eigenvalue weighted by atomic mass is 9.94. The molecule has 3 nitrogen and oxygen atoms in total. The van der Waals surface area contributed by atoms with Gasteiger partial charge in [0.15, 0.2) is 0 Å². The number of piperidine rings is 1. The van der Waals surface area contributed by atoms with Crippen LogP contribution in [0.1, 0.15) is 40.0 Å². The SMILES string of the molecule is CCNCC(C)C(=O)N1CCCC(CC)C1. The summed E-state index contributed by atoms with van der Waals surface area (Å²) < 4.78 is 0. The standard InChI is InChI=1S/C13H26N2O/c1-4-12-7-6-8-15(10-12)13(16)11(3)9-14-5-2/h11-12,14H,4-10H2,1-3H3. The molecule has 1 aliphatic rings. The maximum Gasteiger partial charge on any atom is 0.226 e. The van der Waals surface area contributed by atoms with Crippen LogP contribution >= 0.6 is 0 Å². The molecule has 1 amide bonds. The van der Waals surface area contributed by atoms with E-state index in [0.29, 0.717) is 5.91 Å². The van der Waals surface area contributed by atoms with Crippen molar-refractivity contribution < 1.29 is 4.79 Å². The average molecular weight is 226 g/mol. The fourth-order valence-electron chi connectivity index (χ4n) is 2.36. The second kappa shape index (κ2) is 6.89. The van der Waals surface area contributed by atoms with Crippen LogP contribution in [-0.2, 0) is 4.79 Å². The molecule has 0 spiro atoms. The molecule has 0 saturated carbocycles. The molecule has 94 valence electrons. The van der Waals surface area contributed by atoms with Crippen LogP contribution in [0.5, 0.6) is 0 Å². The molecule has 0 bridgehead atoms. The maximum atomic E-state index is 12.2. The topological polar surface area (TPSA) is 32.3 Å². The predicted octanol–water partition coefficient (Wildman–Crippen LogP) is 1.88. The van der Waals surface area contributed by atoms with Crippen molar-refractivity contribution in [2.45, 2.75) is 40.0 Å². The van der Waals surface area contributed by atoms with Crippen molar-refractivity contribution in [2.24, 2.45) is 11.8 Å².